The first-order valence-corrected chi connectivity index (χ1v) is 8.92. The van der Waals surface area contributed by atoms with Crippen molar-refractivity contribution in [3.05, 3.63) is 60.2 Å². The summed E-state index contributed by atoms with van der Waals surface area (Å²) < 4.78 is 0. The maximum Gasteiger partial charge on any atom is 0.274 e. The van der Waals surface area contributed by atoms with E-state index in [0.717, 1.165) is 12.0 Å². The molecule has 1 aromatic carbocycles. The van der Waals surface area contributed by atoms with Crippen molar-refractivity contribution in [1.82, 2.24) is 20.2 Å². The van der Waals surface area contributed by atoms with Crippen LogP contribution in [0, 0.1) is 5.92 Å². The Balaban J connectivity index is 1.89. The van der Waals surface area contributed by atoms with Crippen molar-refractivity contribution in [3.8, 4) is 0 Å². The van der Waals surface area contributed by atoms with Crippen LogP contribution in [-0.2, 0) is 11.3 Å². The minimum atomic E-state index is -0.186. The lowest BCUT2D eigenvalue weighted by Gasteiger charge is -2.23. The van der Waals surface area contributed by atoms with E-state index in [4.69, 9.17) is 0 Å². The molecule has 0 bridgehead atoms. The monoisotopic (exact) mass is 354 g/mol. The number of hydrogen-bond acceptors (Lipinski definition) is 4. The number of rotatable bonds is 9. The molecule has 0 spiro atoms. The molecule has 1 N–H and O–H groups in total. The zero-order chi connectivity index (χ0) is 18.8. The van der Waals surface area contributed by atoms with Crippen LogP contribution in [0.1, 0.15) is 42.7 Å². The van der Waals surface area contributed by atoms with Crippen LogP contribution in [0.25, 0.3) is 0 Å². The lowest BCUT2D eigenvalue weighted by Crippen LogP contribution is -2.36. The highest BCUT2D eigenvalue weighted by Crippen LogP contribution is 2.07. The second kappa shape index (κ2) is 10.3. The number of carbonyl (C=O) groups excluding carboxylic acids is 2. The SMILES string of the molecule is CC(C)CCN(CCC(=O)NCc1ccccc1)C(=O)c1cnccn1. The van der Waals surface area contributed by atoms with Crippen molar-refractivity contribution in [2.24, 2.45) is 5.92 Å². The number of amides is 2. The van der Waals surface area contributed by atoms with Gasteiger partial charge in [-0.25, -0.2) is 4.98 Å². The quantitative estimate of drug-likeness (QED) is 0.751. The van der Waals surface area contributed by atoms with Gasteiger partial charge in [0.25, 0.3) is 5.91 Å². The highest BCUT2D eigenvalue weighted by atomic mass is 16.2. The molecule has 0 saturated carbocycles. The second-order valence-corrected chi connectivity index (χ2v) is 6.58. The normalized spacial score (nSPS) is 10.6. The average molecular weight is 354 g/mol. The van der Waals surface area contributed by atoms with Gasteiger partial charge in [0.05, 0.1) is 6.20 Å². The lowest BCUT2D eigenvalue weighted by atomic mass is 10.1. The summed E-state index contributed by atoms with van der Waals surface area (Å²) in [5, 5.41) is 2.89. The standard InChI is InChI=1S/C20H26N4O2/c1-16(2)8-12-24(20(26)18-15-21-10-11-22-18)13-9-19(25)23-14-17-6-4-3-5-7-17/h3-7,10-11,15-16H,8-9,12-14H2,1-2H3,(H,23,25). The van der Waals surface area contributed by atoms with E-state index in [1.165, 1.54) is 18.6 Å². The summed E-state index contributed by atoms with van der Waals surface area (Å²) in [6, 6.07) is 9.75. The van der Waals surface area contributed by atoms with Gasteiger partial charge < -0.3 is 10.2 Å². The molecule has 0 atom stereocenters. The van der Waals surface area contributed by atoms with Gasteiger partial charge in [-0.1, -0.05) is 44.2 Å². The van der Waals surface area contributed by atoms with Gasteiger partial charge in [0, 0.05) is 38.4 Å². The zero-order valence-corrected chi connectivity index (χ0v) is 15.4. The second-order valence-electron chi connectivity index (χ2n) is 6.58. The van der Waals surface area contributed by atoms with Crippen LogP contribution in [0.4, 0.5) is 0 Å². The van der Waals surface area contributed by atoms with Gasteiger partial charge in [-0.05, 0) is 17.9 Å². The topological polar surface area (TPSA) is 75.2 Å². The molecule has 1 heterocycles. The molecule has 2 rings (SSSR count). The molecule has 2 aromatic rings. The number of nitrogens with zero attached hydrogens (tertiary/aromatic N) is 3. The number of carbonyl (C=O) groups is 2. The van der Waals surface area contributed by atoms with Crippen LogP contribution in [-0.4, -0.2) is 39.8 Å². The molecule has 0 aliphatic rings. The van der Waals surface area contributed by atoms with Crippen LogP contribution in [0.2, 0.25) is 0 Å². The molecule has 6 heteroatoms. The van der Waals surface area contributed by atoms with Crippen LogP contribution in [0.5, 0.6) is 0 Å². The van der Waals surface area contributed by atoms with Gasteiger partial charge in [-0.15, -0.1) is 0 Å². The average Bonchev–Trinajstić information content (AvgIpc) is 2.67. The molecule has 0 radical (unpaired) electrons. The van der Waals surface area contributed by atoms with Gasteiger partial charge in [0.1, 0.15) is 5.69 Å². The van der Waals surface area contributed by atoms with Gasteiger partial charge >= 0.3 is 0 Å². The first-order chi connectivity index (χ1) is 12.6. The van der Waals surface area contributed by atoms with Crippen molar-refractivity contribution in [1.29, 1.82) is 0 Å². The molecule has 0 fully saturated rings. The van der Waals surface area contributed by atoms with E-state index in [-0.39, 0.29) is 18.2 Å². The summed E-state index contributed by atoms with van der Waals surface area (Å²) in [5.74, 6) is 0.212. The van der Waals surface area contributed by atoms with E-state index in [9.17, 15) is 9.59 Å². The third-order valence-electron chi connectivity index (χ3n) is 3.99. The van der Waals surface area contributed by atoms with Gasteiger partial charge in [-0.3, -0.25) is 14.6 Å². The number of benzene rings is 1. The summed E-state index contributed by atoms with van der Waals surface area (Å²) in [5.41, 5.74) is 1.36. The Morgan fingerprint density at radius 3 is 2.54 bits per heavy atom. The van der Waals surface area contributed by atoms with Gasteiger partial charge in [0.15, 0.2) is 0 Å². The molecular weight excluding hydrogens is 328 g/mol. The first-order valence-electron chi connectivity index (χ1n) is 8.92. The summed E-state index contributed by atoms with van der Waals surface area (Å²) in [6.45, 7) is 5.67. The lowest BCUT2D eigenvalue weighted by molar-refractivity contribution is -0.121. The van der Waals surface area contributed by atoms with E-state index in [1.807, 2.05) is 30.3 Å². The Hall–Kier alpha value is -2.76. The Morgan fingerprint density at radius 1 is 1.12 bits per heavy atom. The fourth-order valence-electron chi connectivity index (χ4n) is 2.42. The Labute approximate surface area is 154 Å². The van der Waals surface area contributed by atoms with Crippen molar-refractivity contribution < 1.29 is 9.59 Å². The Kier molecular flexibility index (Phi) is 7.74. The highest BCUT2D eigenvalue weighted by Gasteiger charge is 2.18. The summed E-state index contributed by atoms with van der Waals surface area (Å²) in [4.78, 5) is 34.5. The predicted molar refractivity (Wildman–Crippen MR) is 100 cm³/mol. The number of aromatic nitrogens is 2. The minimum absolute atomic E-state index is 0.0738. The highest BCUT2D eigenvalue weighted by molar-refractivity contribution is 5.92. The van der Waals surface area contributed by atoms with E-state index >= 15 is 0 Å². The fourth-order valence-corrected chi connectivity index (χ4v) is 2.42. The summed E-state index contributed by atoms with van der Waals surface area (Å²) >= 11 is 0. The largest absolute Gasteiger partial charge is 0.352 e. The molecule has 0 saturated heterocycles. The molecule has 6 nitrogen and oxygen atoms in total. The Morgan fingerprint density at radius 2 is 1.88 bits per heavy atom. The van der Waals surface area contributed by atoms with Crippen LogP contribution >= 0.6 is 0 Å². The van der Waals surface area contributed by atoms with Crippen LogP contribution in [0.15, 0.2) is 48.9 Å². The minimum Gasteiger partial charge on any atom is -0.352 e. The van der Waals surface area contributed by atoms with Crippen molar-refractivity contribution in [2.75, 3.05) is 13.1 Å². The fraction of sp³-hybridized carbons (Fsp3) is 0.400. The van der Waals surface area contributed by atoms with Gasteiger partial charge in [0.2, 0.25) is 5.91 Å². The third kappa shape index (κ3) is 6.63. The predicted octanol–water partition coefficient (Wildman–Crippen LogP) is 2.67. The van der Waals surface area contributed by atoms with E-state index in [0.29, 0.717) is 31.2 Å². The molecule has 26 heavy (non-hydrogen) atoms. The Bertz CT molecular complexity index is 689. The molecule has 0 unspecified atom stereocenters. The van der Waals surface area contributed by atoms with Crippen molar-refractivity contribution in [3.63, 3.8) is 0 Å². The molecule has 1 aromatic heterocycles. The molecule has 0 aliphatic carbocycles. The maximum absolute atomic E-state index is 12.6. The van der Waals surface area contributed by atoms with Crippen molar-refractivity contribution >= 4 is 11.8 Å². The maximum atomic E-state index is 12.6. The smallest absolute Gasteiger partial charge is 0.274 e. The summed E-state index contributed by atoms with van der Waals surface area (Å²) in [7, 11) is 0. The van der Waals surface area contributed by atoms with Gasteiger partial charge in [-0.2, -0.15) is 0 Å². The molecule has 0 aliphatic heterocycles. The number of nitrogens with one attached hydrogen (secondary N) is 1. The molecule has 2 amide bonds. The number of hydrogen-bond donors (Lipinski definition) is 1. The van der Waals surface area contributed by atoms with Crippen LogP contribution < -0.4 is 5.32 Å². The first kappa shape index (κ1) is 19.6. The van der Waals surface area contributed by atoms with Crippen LogP contribution in [0.3, 0.4) is 0 Å². The van der Waals surface area contributed by atoms with E-state index in [2.05, 4.69) is 29.1 Å². The molecular formula is C20H26N4O2. The third-order valence-corrected chi connectivity index (χ3v) is 3.99. The van der Waals surface area contributed by atoms with E-state index in [1.54, 1.807) is 4.90 Å². The van der Waals surface area contributed by atoms with E-state index < -0.39 is 0 Å². The molecule has 138 valence electrons. The summed E-state index contributed by atoms with van der Waals surface area (Å²) in [6.07, 6.45) is 5.63. The van der Waals surface area contributed by atoms with Crippen molar-refractivity contribution in [2.45, 2.75) is 33.2 Å². The zero-order valence-electron chi connectivity index (χ0n) is 15.4.